The fourth-order valence-electron chi connectivity index (χ4n) is 4.19. The SMILES string of the molecule is N#Cc1ccccc1CC[C@H](NC(=O)OCC1c2ccccc2-c2ccccc21)C(=O)O. The van der Waals surface area contributed by atoms with E-state index in [9.17, 15) is 20.0 Å². The lowest BCUT2D eigenvalue weighted by molar-refractivity contribution is -0.139. The Bertz CT molecular complexity index is 1150. The average Bonchev–Trinajstić information content (AvgIpc) is 3.14. The summed E-state index contributed by atoms with van der Waals surface area (Å²) in [6.45, 7) is 0.115. The van der Waals surface area contributed by atoms with Crippen molar-refractivity contribution in [3.05, 3.63) is 95.1 Å². The Morgan fingerprint density at radius 1 is 0.969 bits per heavy atom. The van der Waals surface area contributed by atoms with Crippen LogP contribution in [-0.4, -0.2) is 29.8 Å². The lowest BCUT2D eigenvalue weighted by Crippen LogP contribution is -2.41. The number of benzene rings is 3. The molecule has 160 valence electrons. The molecule has 0 saturated heterocycles. The van der Waals surface area contributed by atoms with Crippen LogP contribution in [0.1, 0.15) is 34.6 Å². The number of nitrogens with one attached hydrogen (secondary N) is 1. The van der Waals surface area contributed by atoms with Crippen molar-refractivity contribution in [2.24, 2.45) is 0 Å². The summed E-state index contributed by atoms with van der Waals surface area (Å²) in [5.41, 5.74) is 5.66. The van der Waals surface area contributed by atoms with Gasteiger partial charge >= 0.3 is 12.1 Å². The van der Waals surface area contributed by atoms with Gasteiger partial charge in [0.1, 0.15) is 12.6 Å². The Balaban J connectivity index is 1.39. The lowest BCUT2D eigenvalue weighted by Gasteiger charge is -2.17. The number of alkyl carbamates (subject to hydrolysis) is 1. The number of hydrogen-bond donors (Lipinski definition) is 2. The largest absolute Gasteiger partial charge is 0.480 e. The van der Waals surface area contributed by atoms with Gasteiger partial charge in [-0.25, -0.2) is 9.59 Å². The van der Waals surface area contributed by atoms with Gasteiger partial charge in [-0.05, 0) is 46.7 Å². The van der Waals surface area contributed by atoms with Crippen molar-refractivity contribution >= 4 is 12.1 Å². The van der Waals surface area contributed by atoms with Gasteiger partial charge in [0, 0.05) is 5.92 Å². The Labute approximate surface area is 186 Å². The maximum Gasteiger partial charge on any atom is 0.407 e. The van der Waals surface area contributed by atoms with Gasteiger partial charge in [0.05, 0.1) is 11.6 Å². The minimum atomic E-state index is -1.15. The van der Waals surface area contributed by atoms with E-state index in [1.807, 2.05) is 48.5 Å². The number of aliphatic carboxylic acids is 1. The Morgan fingerprint density at radius 3 is 2.19 bits per heavy atom. The fourth-order valence-corrected chi connectivity index (χ4v) is 4.19. The van der Waals surface area contributed by atoms with Gasteiger partial charge in [0.25, 0.3) is 0 Å². The van der Waals surface area contributed by atoms with Gasteiger partial charge in [-0.1, -0.05) is 66.7 Å². The van der Waals surface area contributed by atoms with E-state index in [0.29, 0.717) is 12.0 Å². The molecule has 6 nitrogen and oxygen atoms in total. The number of carboxylic acids is 1. The molecule has 0 bridgehead atoms. The maximum atomic E-state index is 12.4. The monoisotopic (exact) mass is 426 g/mol. The first-order valence-electron chi connectivity index (χ1n) is 10.4. The fraction of sp³-hybridized carbons (Fsp3) is 0.192. The van der Waals surface area contributed by atoms with Crippen molar-refractivity contribution in [3.63, 3.8) is 0 Å². The van der Waals surface area contributed by atoms with Gasteiger partial charge in [-0.2, -0.15) is 5.26 Å². The van der Waals surface area contributed by atoms with Crippen molar-refractivity contribution in [2.75, 3.05) is 6.61 Å². The molecule has 1 amide bonds. The topological polar surface area (TPSA) is 99.4 Å². The number of ether oxygens (including phenoxy) is 1. The zero-order valence-corrected chi connectivity index (χ0v) is 17.3. The second-order valence-electron chi connectivity index (χ2n) is 7.67. The summed E-state index contributed by atoms with van der Waals surface area (Å²) in [6.07, 6.45) is -0.268. The minimum absolute atomic E-state index is 0.0982. The predicted octanol–water partition coefficient (Wildman–Crippen LogP) is 4.48. The van der Waals surface area contributed by atoms with E-state index in [2.05, 4.69) is 11.4 Å². The number of aryl methyl sites for hydroxylation is 1. The van der Waals surface area contributed by atoms with E-state index in [0.717, 1.165) is 27.8 Å². The van der Waals surface area contributed by atoms with Crippen molar-refractivity contribution in [3.8, 4) is 17.2 Å². The molecule has 0 spiro atoms. The van der Waals surface area contributed by atoms with Crippen LogP contribution in [0, 0.1) is 11.3 Å². The van der Waals surface area contributed by atoms with Crippen LogP contribution in [0.3, 0.4) is 0 Å². The molecule has 0 saturated carbocycles. The molecule has 1 atom stereocenters. The van der Waals surface area contributed by atoms with Crippen molar-refractivity contribution in [1.29, 1.82) is 5.26 Å². The molecule has 0 aromatic heterocycles. The molecule has 32 heavy (non-hydrogen) atoms. The zero-order valence-electron chi connectivity index (χ0n) is 17.3. The van der Waals surface area contributed by atoms with Gasteiger partial charge in [-0.15, -0.1) is 0 Å². The molecule has 6 heteroatoms. The number of amides is 1. The van der Waals surface area contributed by atoms with Crippen LogP contribution in [0.5, 0.6) is 0 Å². The summed E-state index contributed by atoms with van der Waals surface area (Å²) < 4.78 is 5.45. The number of nitriles is 1. The number of rotatable bonds is 7. The van der Waals surface area contributed by atoms with Crippen molar-refractivity contribution in [2.45, 2.75) is 24.8 Å². The summed E-state index contributed by atoms with van der Waals surface area (Å²) in [4.78, 5) is 24.1. The van der Waals surface area contributed by atoms with E-state index < -0.39 is 18.1 Å². The maximum absolute atomic E-state index is 12.4. The van der Waals surface area contributed by atoms with E-state index >= 15 is 0 Å². The Hall–Kier alpha value is -4.11. The van der Waals surface area contributed by atoms with Gasteiger partial charge in [0.15, 0.2) is 0 Å². The molecule has 3 aromatic carbocycles. The second kappa shape index (κ2) is 9.36. The number of nitrogens with zero attached hydrogens (tertiary/aromatic N) is 1. The molecule has 4 rings (SSSR count). The number of carboxylic acid groups (broad SMARTS) is 1. The highest BCUT2D eigenvalue weighted by Gasteiger charge is 2.29. The van der Waals surface area contributed by atoms with E-state index in [1.165, 1.54) is 0 Å². The predicted molar refractivity (Wildman–Crippen MR) is 119 cm³/mol. The third-order valence-corrected chi connectivity index (χ3v) is 5.77. The van der Waals surface area contributed by atoms with Crippen LogP contribution in [0.4, 0.5) is 4.79 Å². The van der Waals surface area contributed by atoms with Gasteiger partial charge in [-0.3, -0.25) is 0 Å². The second-order valence-corrected chi connectivity index (χ2v) is 7.67. The van der Waals surface area contributed by atoms with Crippen LogP contribution in [0.2, 0.25) is 0 Å². The van der Waals surface area contributed by atoms with Crippen molar-refractivity contribution < 1.29 is 19.4 Å². The number of fused-ring (bicyclic) bond motifs is 3. The normalized spacial score (nSPS) is 12.8. The number of hydrogen-bond acceptors (Lipinski definition) is 4. The number of carbonyl (C=O) groups excluding carboxylic acids is 1. The molecule has 1 aliphatic rings. The van der Waals surface area contributed by atoms with Crippen molar-refractivity contribution in [1.82, 2.24) is 5.32 Å². The molecule has 0 unspecified atom stereocenters. The minimum Gasteiger partial charge on any atom is -0.480 e. The highest BCUT2D eigenvalue weighted by Crippen LogP contribution is 2.44. The van der Waals surface area contributed by atoms with Crippen LogP contribution >= 0.6 is 0 Å². The standard InChI is InChI=1S/C26H22N2O4/c27-15-18-8-2-1-7-17(18)13-14-24(25(29)30)28-26(31)32-16-23-21-11-5-3-9-19(21)20-10-4-6-12-22(20)23/h1-12,23-24H,13-14,16H2,(H,28,31)(H,29,30)/t24-/m0/s1. The highest BCUT2D eigenvalue weighted by atomic mass is 16.5. The molecule has 3 aromatic rings. The van der Waals surface area contributed by atoms with Crippen LogP contribution in [0.25, 0.3) is 11.1 Å². The smallest absolute Gasteiger partial charge is 0.407 e. The third-order valence-electron chi connectivity index (χ3n) is 5.77. The Morgan fingerprint density at radius 2 is 1.56 bits per heavy atom. The first kappa shape index (κ1) is 21.1. The van der Waals surface area contributed by atoms with Gasteiger partial charge in [0.2, 0.25) is 0 Å². The highest BCUT2D eigenvalue weighted by molar-refractivity contribution is 5.81. The molecule has 0 heterocycles. The summed E-state index contributed by atoms with van der Waals surface area (Å²) in [6, 6.07) is 24.0. The van der Waals surface area contributed by atoms with Crippen LogP contribution in [0.15, 0.2) is 72.8 Å². The summed E-state index contributed by atoms with van der Waals surface area (Å²) >= 11 is 0. The molecule has 1 aliphatic carbocycles. The van der Waals surface area contributed by atoms with E-state index in [1.54, 1.807) is 24.3 Å². The van der Waals surface area contributed by atoms with E-state index in [-0.39, 0.29) is 18.9 Å². The van der Waals surface area contributed by atoms with Crippen LogP contribution < -0.4 is 5.32 Å². The molecule has 0 aliphatic heterocycles. The first-order valence-corrected chi connectivity index (χ1v) is 10.4. The summed E-state index contributed by atoms with van der Waals surface area (Å²) in [7, 11) is 0. The summed E-state index contributed by atoms with van der Waals surface area (Å²) in [5, 5.41) is 21.2. The third kappa shape index (κ3) is 4.33. The van der Waals surface area contributed by atoms with Gasteiger partial charge < -0.3 is 15.2 Å². The number of carbonyl (C=O) groups is 2. The average molecular weight is 426 g/mol. The quantitative estimate of drug-likeness (QED) is 0.580. The molecule has 0 radical (unpaired) electrons. The Kier molecular flexibility index (Phi) is 6.18. The van der Waals surface area contributed by atoms with E-state index in [4.69, 9.17) is 4.74 Å². The van der Waals surface area contributed by atoms with Crippen LogP contribution in [-0.2, 0) is 16.0 Å². The first-order chi connectivity index (χ1) is 15.6. The zero-order chi connectivity index (χ0) is 22.5. The molecular formula is C26H22N2O4. The lowest BCUT2D eigenvalue weighted by atomic mass is 9.98. The molecule has 0 fully saturated rings. The summed E-state index contributed by atoms with van der Waals surface area (Å²) in [5.74, 6) is -1.24. The molecule has 2 N–H and O–H groups in total. The molecular weight excluding hydrogens is 404 g/mol.